The van der Waals surface area contributed by atoms with E-state index in [1.54, 1.807) is 12.1 Å². The lowest BCUT2D eigenvalue weighted by Crippen LogP contribution is -2.25. The van der Waals surface area contributed by atoms with E-state index in [-0.39, 0.29) is 29.5 Å². The number of benzene rings is 2. The van der Waals surface area contributed by atoms with Crippen molar-refractivity contribution in [2.24, 2.45) is 0 Å². The first-order valence-electron chi connectivity index (χ1n) is 6.08. The molecular weight excluding hydrogens is 260 g/mol. The van der Waals surface area contributed by atoms with Crippen molar-refractivity contribution >= 4 is 5.78 Å². The number of ketones is 1. The number of rotatable bonds is 1. The Kier molecular flexibility index (Phi) is 2.75. The number of hydrogen-bond donors (Lipinski definition) is 3. The number of carbonyl (C=O) groups is 1. The average Bonchev–Trinajstić information content (AvgIpc) is 2.40. The largest absolute Gasteiger partial charge is 0.508 e. The molecule has 0 fully saturated rings. The summed E-state index contributed by atoms with van der Waals surface area (Å²) in [5.41, 5.74) is 0.990. The molecule has 3 rings (SSSR count). The first-order valence-corrected chi connectivity index (χ1v) is 6.08. The zero-order valence-corrected chi connectivity index (χ0v) is 10.4. The second kappa shape index (κ2) is 4.45. The van der Waals surface area contributed by atoms with Crippen LogP contribution < -0.4 is 4.74 Å². The fourth-order valence-corrected chi connectivity index (χ4v) is 2.26. The van der Waals surface area contributed by atoms with E-state index in [9.17, 15) is 20.1 Å². The Hall–Kier alpha value is -2.69. The van der Waals surface area contributed by atoms with Gasteiger partial charge in [-0.15, -0.1) is 0 Å². The van der Waals surface area contributed by atoms with Gasteiger partial charge in [-0.25, -0.2) is 0 Å². The van der Waals surface area contributed by atoms with Crippen molar-refractivity contribution in [2.75, 3.05) is 0 Å². The van der Waals surface area contributed by atoms with Crippen LogP contribution in [0.5, 0.6) is 23.0 Å². The summed E-state index contributed by atoms with van der Waals surface area (Å²) < 4.78 is 5.58. The number of carbonyl (C=O) groups excluding carboxylic acids is 1. The van der Waals surface area contributed by atoms with Gasteiger partial charge >= 0.3 is 0 Å². The van der Waals surface area contributed by atoms with Gasteiger partial charge in [0.1, 0.15) is 23.0 Å². The standard InChI is InChI=1S/C15H12O5/c16-9-3-1-8(2-4-9)15-13(19)7-11-12(18)5-10(17)6-14(11)20-15/h1-6,15-18H,7H2/t15-/m0/s1. The molecule has 1 heterocycles. The molecule has 2 aromatic rings. The van der Waals surface area contributed by atoms with Gasteiger partial charge in [0.2, 0.25) is 0 Å². The van der Waals surface area contributed by atoms with Crippen molar-refractivity contribution < 1.29 is 24.9 Å². The van der Waals surface area contributed by atoms with Crippen LogP contribution in [0.3, 0.4) is 0 Å². The topological polar surface area (TPSA) is 87.0 Å². The van der Waals surface area contributed by atoms with Crippen LogP contribution in [0.2, 0.25) is 0 Å². The maximum atomic E-state index is 12.1. The highest BCUT2D eigenvalue weighted by molar-refractivity contribution is 5.89. The van der Waals surface area contributed by atoms with Crippen molar-refractivity contribution in [3.05, 3.63) is 47.5 Å². The van der Waals surface area contributed by atoms with E-state index in [1.165, 1.54) is 24.3 Å². The molecule has 0 aromatic heterocycles. The quantitative estimate of drug-likeness (QED) is 0.739. The van der Waals surface area contributed by atoms with Crippen LogP contribution in [-0.4, -0.2) is 21.1 Å². The third-order valence-corrected chi connectivity index (χ3v) is 3.25. The van der Waals surface area contributed by atoms with Crippen LogP contribution in [0.15, 0.2) is 36.4 Å². The molecule has 0 spiro atoms. The highest BCUT2D eigenvalue weighted by atomic mass is 16.5. The number of Topliss-reactive ketones (excluding diaryl/α,β-unsaturated/α-hetero) is 1. The summed E-state index contributed by atoms with van der Waals surface area (Å²) in [6.07, 6.45) is -0.767. The molecule has 5 heteroatoms. The lowest BCUT2D eigenvalue weighted by Gasteiger charge is -2.25. The number of fused-ring (bicyclic) bond motifs is 1. The fraction of sp³-hybridized carbons (Fsp3) is 0.133. The third kappa shape index (κ3) is 2.03. The summed E-state index contributed by atoms with van der Waals surface area (Å²) in [5, 5.41) is 28.5. The lowest BCUT2D eigenvalue weighted by atomic mass is 9.95. The summed E-state index contributed by atoms with van der Waals surface area (Å²) >= 11 is 0. The average molecular weight is 272 g/mol. The molecule has 0 aliphatic carbocycles. The molecule has 0 unspecified atom stereocenters. The Labute approximate surface area is 114 Å². The minimum Gasteiger partial charge on any atom is -0.508 e. The second-order valence-electron chi connectivity index (χ2n) is 4.67. The number of hydrogen-bond acceptors (Lipinski definition) is 5. The van der Waals surface area contributed by atoms with Crippen LogP contribution in [-0.2, 0) is 11.2 Å². The van der Waals surface area contributed by atoms with Crippen molar-refractivity contribution in [3.63, 3.8) is 0 Å². The molecule has 1 aliphatic rings. The van der Waals surface area contributed by atoms with Crippen LogP contribution in [0, 0.1) is 0 Å². The molecule has 3 N–H and O–H groups in total. The van der Waals surface area contributed by atoms with Gasteiger partial charge < -0.3 is 20.1 Å². The Bertz CT molecular complexity index is 675. The van der Waals surface area contributed by atoms with E-state index in [1.807, 2.05) is 0 Å². The maximum Gasteiger partial charge on any atom is 0.182 e. The maximum absolute atomic E-state index is 12.1. The predicted molar refractivity (Wildman–Crippen MR) is 70.0 cm³/mol. The number of phenolic OH excluding ortho intramolecular Hbond substituents is 3. The minimum absolute atomic E-state index is 0.0347. The Morgan fingerprint density at radius 2 is 1.70 bits per heavy atom. The summed E-state index contributed by atoms with van der Waals surface area (Å²) in [6.45, 7) is 0. The molecular formula is C15H12O5. The molecule has 5 nitrogen and oxygen atoms in total. The molecule has 0 radical (unpaired) electrons. The number of ether oxygens (including phenoxy) is 1. The summed E-state index contributed by atoms with van der Waals surface area (Å²) in [6, 6.07) is 8.70. The highest BCUT2D eigenvalue weighted by Gasteiger charge is 2.31. The van der Waals surface area contributed by atoms with Crippen molar-refractivity contribution in [3.8, 4) is 23.0 Å². The summed E-state index contributed by atoms with van der Waals surface area (Å²) in [4.78, 5) is 12.1. The van der Waals surface area contributed by atoms with Crippen molar-refractivity contribution in [1.29, 1.82) is 0 Å². The van der Waals surface area contributed by atoms with E-state index >= 15 is 0 Å². The van der Waals surface area contributed by atoms with Gasteiger partial charge in [0.05, 0.1) is 0 Å². The molecule has 0 saturated heterocycles. The van der Waals surface area contributed by atoms with Crippen molar-refractivity contribution in [2.45, 2.75) is 12.5 Å². The molecule has 20 heavy (non-hydrogen) atoms. The zero-order valence-electron chi connectivity index (χ0n) is 10.4. The molecule has 1 atom stereocenters. The van der Waals surface area contributed by atoms with Crippen LogP contribution >= 0.6 is 0 Å². The Morgan fingerprint density at radius 1 is 1.00 bits per heavy atom. The van der Waals surface area contributed by atoms with E-state index in [0.717, 1.165) is 0 Å². The molecule has 0 amide bonds. The van der Waals surface area contributed by atoms with Gasteiger partial charge in [-0.2, -0.15) is 0 Å². The summed E-state index contributed by atoms with van der Waals surface area (Å²) in [5.74, 6) is -0.0744. The smallest absolute Gasteiger partial charge is 0.182 e. The van der Waals surface area contributed by atoms with Crippen LogP contribution in [0.4, 0.5) is 0 Å². The first kappa shape index (κ1) is 12.3. The monoisotopic (exact) mass is 272 g/mol. The highest BCUT2D eigenvalue weighted by Crippen LogP contribution is 2.40. The van der Waals surface area contributed by atoms with Gasteiger partial charge in [-0.3, -0.25) is 4.79 Å². The first-order chi connectivity index (χ1) is 9.54. The molecule has 0 saturated carbocycles. The minimum atomic E-state index is -0.802. The Balaban J connectivity index is 2.00. The van der Waals surface area contributed by atoms with Gasteiger partial charge in [0, 0.05) is 29.7 Å². The Morgan fingerprint density at radius 3 is 2.40 bits per heavy atom. The third-order valence-electron chi connectivity index (χ3n) is 3.25. The second-order valence-corrected chi connectivity index (χ2v) is 4.67. The molecule has 102 valence electrons. The SMILES string of the molecule is O=C1Cc2c(O)cc(O)cc2O[C@H]1c1ccc(O)cc1. The van der Waals surface area contributed by atoms with Gasteiger partial charge in [0.25, 0.3) is 0 Å². The molecule has 0 bridgehead atoms. The predicted octanol–water partition coefficient (Wildman–Crippen LogP) is 2.05. The van der Waals surface area contributed by atoms with Crippen molar-refractivity contribution in [1.82, 2.24) is 0 Å². The number of phenols is 3. The summed E-state index contributed by atoms with van der Waals surface area (Å²) in [7, 11) is 0. The fourth-order valence-electron chi connectivity index (χ4n) is 2.26. The zero-order chi connectivity index (χ0) is 14.3. The molecule has 2 aromatic carbocycles. The van der Waals surface area contributed by atoms with E-state index < -0.39 is 6.10 Å². The van der Waals surface area contributed by atoms with Crippen LogP contribution in [0.1, 0.15) is 17.2 Å². The van der Waals surface area contributed by atoms with Gasteiger partial charge in [-0.1, -0.05) is 12.1 Å². The lowest BCUT2D eigenvalue weighted by molar-refractivity contribution is -0.126. The number of aromatic hydroxyl groups is 3. The van der Waals surface area contributed by atoms with Gasteiger partial charge in [0.15, 0.2) is 11.9 Å². The van der Waals surface area contributed by atoms with Gasteiger partial charge in [-0.05, 0) is 12.1 Å². The van der Waals surface area contributed by atoms with E-state index in [2.05, 4.69) is 0 Å². The normalized spacial score (nSPS) is 17.4. The van der Waals surface area contributed by atoms with Crippen LogP contribution in [0.25, 0.3) is 0 Å². The molecule has 1 aliphatic heterocycles. The van der Waals surface area contributed by atoms with E-state index in [4.69, 9.17) is 4.74 Å². The van der Waals surface area contributed by atoms with E-state index in [0.29, 0.717) is 16.9 Å².